The molecule has 0 radical (unpaired) electrons. The Morgan fingerprint density at radius 1 is 1.50 bits per heavy atom. The molecule has 2 rings (SSSR count). The van der Waals surface area contributed by atoms with Gasteiger partial charge in [-0.2, -0.15) is 0 Å². The Bertz CT molecular complexity index is 460. The fourth-order valence-corrected chi connectivity index (χ4v) is 2.49. The minimum atomic E-state index is -0.924. The van der Waals surface area contributed by atoms with Gasteiger partial charge in [-0.1, -0.05) is 12.8 Å². The quantitative estimate of drug-likeness (QED) is 0.873. The number of carboxylic acid groups (broad SMARTS) is 1. The molecule has 1 aromatic rings. The molecule has 7 heteroatoms. The number of hydrogen-bond donors (Lipinski definition) is 2. The molecule has 2 N–H and O–H groups in total. The maximum absolute atomic E-state index is 12.4. The van der Waals surface area contributed by atoms with Crippen molar-refractivity contribution in [1.29, 1.82) is 0 Å². The van der Waals surface area contributed by atoms with Crippen LogP contribution >= 0.6 is 0 Å². The van der Waals surface area contributed by atoms with Gasteiger partial charge in [0.2, 0.25) is 0 Å². The molecule has 1 saturated heterocycles. The Morgan fingerprint density at radius 2 is 2.30 bits per heavy atom. The number of urea groups is 1. The van der Waals surface area contributed by atoms with E-state index in [0.717, 1.165) is 19.3 Å². The summed E-state index contributed by atoms with van der Waals surface area (Å²) in [6.45, 7) is 0.840. The van der Waals surface area contributed by atoms with E-state index in [1.165, 1.54) is 9.80 Å². The molecule has 1 aliphatic heterocycles. The first-order chi connectivity index (χ1) is 9.59. The smallest absolute Gasteiger partial charge is 0.326 e. The van der Waals surface area contributed by atoms with E-state index < -0.39 is 12.0 Å². The Morgan fingerprint density at radius 3 is 2.95 bits per heavy atom. The van der Waals surface area contributed by atoms with Gasteiger partial charge in [0.1, 0.15) is 11.9 Å². The number of likely N-dealkylation sites (tertiary alicyclic amines) is 1. The number of nitrogens with zero attached hydrogens (tertiary/aromatic N) is 3. The van der Waals surface area contributed by atoms with Gasteiger partial charge < -0.3 is 19.9 Å². The standard InChI is InChI=1S/C13H20N4O3/c1-16(9-11-14-6-7-15-11)13(20)17-8-4-2-3-5-10(17)12(18)19/h6-7,10H,2-5,8-9H2,1H3,(H,14,15)(H,18,19). The number of aromatic nitrogens is 2. The second kappa shape index (κ2) is 6.40. The van der Waals surface area contributed by atoms with E-state index in [1.54, 1.807) is 19.4 Å². The van der Waals surface area contributed by atoms with Crippen molar-refractivity contribution in [2.24, 2.45) is 0 Å². The number of aliphatic carboxylic acids is 1. The van der Waals surface area contributed by atoms with Crippen molar-refractivity contribution in [2.45, 2.75) is 38.3 Å². The summed E-state index contributed by atoms with van der Waals surface area (Å²) < 4.78 is 0. The van der Waals surface area contributed by atoms with Crippen LogP contribution in [0.25, 0.3) is 0 Å². The number of carbonyl (C=O) groups is 2. The maximum atomic E-state index is 12.4. The molecule has 1 aliphatic rings. The highest BCUT2D eigenvalue weighted by Gasteiger charge is 2.32. The zero-order valence-electron chi connectivity index (χ0n) is 11.6. The first-order valence-electron chi connectivity index (χ1n) is 6.82. The maximum Gasteiger partial charge on any atom is 0.326 e. The van der Waals surface area contributed by atoms with Gasteiger partial charge in [0.05, 0.1) is 6.54 Å². The molecule has 0 aliphatic carbocycles. The minimum Gasteiger partial charge on any atom is -0.480 e. The number of H-pyrrole nitrogens is 1. The van der Waals surface area contributed by atoms with Crippen molar-refractivity contribution in [3.05, 3.63) is 18.2 Å². The number of hydrogen-bond acceptors (Lipinski definition) is 3. The van der Waals surface area contributed by atoms with E-state index in [4.69, 9.17) is 0 Å². The van der Waals surface area contributed by atoms with Crippen LogP contribution in [0, 0.1) is 0 Å². The summed E-state index contributed by atoms with van der Waals surface area (Å²) in [5, 5.41) is 9.29. The van der Waals surface area contributed by atoms with Crippen molar-refractivity contribution in [3.63, 3.8) is 0 Å². The number of carboxylic acids is 1. The lowest BCUT2D eigenvalue weighted by Gasteiger charge is -2.31. The van der Waals surface area contributed by atoms with Gasteiger partial charge in [0, 0.05) is 26.0 Å². The topological polar surface area (TPSA) is 89.5 Å². The van der Waals surface area contributed by atoms with Gasteiger partial charge in [0.25, 0.3) is 0 Å². The third-order valence-electron chi connectivity index (χ3n) is 3.55. The average Bonchev–Trinajstić information content (AvgIpc) is 2.79. The largest absolute Gasteiger partial charge is 0.480 e. The van der Waals surface area contributed by atoms with Crippen molar-refractivity contribution >= 4 is 12.0 Å². The summed E-state index contributed by atoms with van der Waals surface area (Å²) in [6, 6.07) is -0.972. The Labute approximate surface area is 117 Å². The molecule has 2 heterocycles. The molecule has 1 atom stereocenters. The molecule has 1 fully saturated rings. The Kier molecular flexibility index (Phi) is 4.60. The van der Waals surface area contributed by atoms with Gasteiger partial charge in [-0.05, 0) is 12.8 Å². The van der Waals surface area contributed by atoms with Gasteiger partial charge in [-0.15, -0.1) is 0 Å². The van der Waals surface area contributed by atoms with Crippen LogP contribution < -0.4 is 0 Å². The summed E-state index contributed by atoms with van der Waals surface area (Å²) in [4.78, 5) is 33.7. The first kappa shape index (κ1) is 14.4. The molecular weight excluding hydrogens is 260 g/mol. The number of carbonyl (C=O) groups excluding carboxylic acids is 1. The van der Waals surface area contributed by atoms with Gasteiger partial charge >= 0.3 is 12.0 Å². The minimum absolute atomic E-state index is 0.254. The number of nitrogens with one attached hydrogen (secondary N) is 1. The number of imidazole rings is 1. The van der Waals surface area contributed by atoms with Crippen LogP contribution in [0.4, 0.5) is 4.79 Å². The molecule has 110 valence electrons. The zero-order valence-corrected chi connectivity index (χ0v) is 11.6. The molecular formula is C13H20N4O3. The first-order valence-corrected chi connectivity index (χ1v) is 6.82. The van der Waals surface area contributed by atoms with E-state index >= 15 is 0 Å². The fourth-order valence-electron chi connectivity index (χ4n) is 2.49. The van der Waals surface area contributed by atoms with E-state index in [1.807, 2.05) is 0 Å². The van der Waals surface area contributed by atoms with E-state index in [9.17, 15) is 14.7 Å². The van der Waals surface area contributed by atoms with Crippen LogP contribution in [0.15, 0.2) is 12.4 Å². The molecule has 1 aromatic heterocycles. The molecule has 20 heavy (non-hydrogen) atoms. The zero-order chi connectivity index (χ0) is 14.5. The van der Waals surface area contributed by atoms with Crippen LogP contribution in [0.3, 0.4) is 0 Å². The van der Waals surface area contributed by atoms with Crippen LogP contribution in [-0.4, -0.2) is 56.5 Å². The SMILES string of the molecule is CN(Cc1ncc[nH]1)C(=O)N1CCCCCC1C(=O)O. The van der Waals surface area contributed by atoms with Crippen LogP contribution in [0.2, 0.25) is 0 Å². The Hall–Kier alpha value is -2.05. The summed E-state index contributed by atoms with van der Waals surface area (Å²) in [6.07, 6.45) is 6.51. The van der Waals surface area contributed by atoms with Crippen molar-refractivity contribution in [1.82, 2.24) is 19.8 Å². The molecule has 0 saturated carbocycles. The van der Waals surface area contributed by atoms with Crippen molar-refractivity contribution < 1.29 is 14.7 Å². The molecule has 0 bridgehead atoms. The summed E-state index contributed by atoms with van der Waals surface area (Å²) in [7, 11) is 1.66. The normalized spacial score (nSPS) is 19.4. The second-order valence-electron chi connectivity index (χ2n) is 5.07. The van der Waals surface area contributed by atoms with Gasteiger partial charge in [0.15, 0.2) is 0 Å². The highest BCUT2D eigenvalue weighted by atomic mass is 16.4. The number of aromatic amines is 1. The number of rotatable bonds is 3. The summed E-state index contributed by atoms with van der Waals surface area (Å²) >= 11 is 0. The molecule has 0 aromatic carbocycles. The lowest BCUT2D eigenvalue weighted by Crippen LogP contribution is -2.49. The van der Waals surface area contributed by atoms with E-state index in [2.05, 4.69) is 9.97 Å². The molecule has 2 amide bonds. The highest BCUT2D eigenvalue weighted by Crippen LogP contribution is 2.18. The summed E-state index contributed by atoms with van der Waals surface area (Å²) in [5.41, 5.74) is 0. The number of amides is 2. The Balaban J connectivity index is 2.05. The predicted molar refractivity (Wildman–Crippen MR) is 72.0 cm³/mol. The highest BCUT2D eigenvalue weighted by molar-refractivity contribution is 5.82. The van der Waals surface area contributed by atoms with Crippen molar-refractivity contribution in [3.8, 4) is 0 Å². The van der Waals surface area contributed by atoms with E-state index in [0.29, 0.717) is 25.3 Å². The summed E-state index contributed by atoms with van der Waals surface area (Å²) in [5.74, 6) is -0.241. The monoisotopic (exact) mass is 280 g/mol. The second-order valence-corrected chi connectivity index (χ2v) is 5.07. The van der Waals surface area contributed by atoms with Crippen LogP contribution in [0.5, 0.6) is 0 Å². The van der Waals surface area contributed by atoms with Gasteiger partial charge in [-0.3, -0.25) is 0 Å². The lowest BCUT2D eigenvalue weighted by atomic mass is 10.1. The predicted octanol–water partition coefficient (Wildman–Crippen LogP) is 1.29. The van der Waals surface area contributed by atoms with Crippen molar-refractivity contribution in [2.75, 3.05) is 13.6 Å². The third-order valence-corrected chi connectivity index (χ3v) is 3.55. The lowest BCUT2D eigenvalue weighted by molar-refractivity contribution is -0.142. The third kappa shape index (κ3) is 3.28. The molecule has 0 spiro atoms. The van der Waals surface area contributed by atoms with E-state index in [-0.39, 0.29) is 6.03 Å². The van der Waals surface area contributed by atoms with Gasteiger partial charge in [-0.25, -0.2) is 14.6 Å². The fraction of sp³-hybridized carbons (Fsp3) is 0.615. The average molecular weight is 280 g/mol. The van der Waals surface area contributed by atoms with Crippen LogP contribution in [0.1, 0.15) is 31.5 Å². The molecule has 1 unspecified atom stereocenters. The molecule has 7 nitrogen and oxygen atoms in total. The van der Waals surface area contributed by atoms with Crippen LogP contribution in [-0.2, 0) is 11.3 Å².